The van der Waals surface area contributed by atoms with Gasteiger partial charge in [-0.15, -0.1) is 0 Å². The van der Waals surface area contributed by atoms with Crippen molar-refractivity contribution in [3.63, 3.8) is 0 Å². The Kier molecular flexibility index (Phi) is 3.90. The van der Waals surface area contributed by atoms with Crippen molar-refractivity contribution in [2.75, 3.05) is 25.2 Å². The maximum absolute atomic E-state index is 11.3. The van der Waals surface area contributed by atoms with Crippen LogP contribution in [0.2, 0.25) is 0 Å². The first-order chi connectivity index (χ1) is 7.35. The highest BCUT2D eigenvalue weighted by Crippen LogP contribution is 2.17. The number of carbonyl (C=O) groups excluding carboxylic acids is 2. The van der Waals surface area contributed by atoms with Gasteiger partial charge in [0.1, 0.15) is 6.54 Å². The summed E-state index contributed by atoms with van der Waals surface area (Å²) in [5.41, 5.74) is 0. The number of esters is 1. The molecular formula is C9H15NO5S. The third-order valence-corrected chi connectivity index (χ3v) is 4.33. The van der Waals surface area contributed by atoms with Crippen LogP contribution < -0.4 is 0 Å². The summed E-state index contributed by atoms with van der Waals surface area (Å²) in [6, 6.07) is -0.401. The van der Waals surface area contributed by atoms with Gasteiger partial charge in [0.2, 0.25) is 5.91 Å². The SMILES string of the molecule is COC(=O)CN(C(C)=O)[C@H]1CCS(=O)(=O)C1. The van der Waals surface area contributed by atoms with Crippen LogP contribution in [0.15, 0.2) is 0 Å². The van der Waals surface area contributed by atoms with Gasteiger partial charge in [0.05, 0.1) is 18.6 Å². The Balaban J connectivity index is 2.72. The molecule has 1 saturated heterocycles. The van der Waals surface area contributed by atoms with Crippen molar-refractivity contribution in [2.24, 2.45) is 0 Å². The summed E-state index contributed by atoms with van der Waals surface area (Å²) >= 11 is 0. The molecule has 7 heteroatoms. The smallest absolute Gasteiger partial charge is 0.325 e. The van der Waals surface area contributed by atoms with Gasteiger partial charge in [-0.05, 0) is 6.42 Å². The molecule has 0 unspecified atom stereocenters. The number of sulfone groups is 1. The van der Waals surface area contributed by atoms with E-state index in [2.05, 4.69) is 4.74 Å². The number of carbonyl (C=O) groups is 2. The fraction of sp³-hybridized carbons (Fsp3) is 0.778. The van der Waals surface area contributed by atoms with Gasteiger partial charge in [-0.3, -0.25) is 9.59 Å². The first kappa shape index (κ1) is 13.0. The zero-order chi connectivity index (χ0) is 12.3. The summed E-state index contributed by atoms with van der Waals surface area (Å²) in [4.78, 5) is 23.7. The van der Waals surface area contributed by atoms with Crippen molar-refractivity contribution >= 4 is 21.7 Å². The van der Waals surface area contributed by atoms with Crippen LogP contribution in [0.3, 0.4) is 0 Å². The molecule has 1 atom stereocenters. The average Bonchev–Trinajstić information content (AvgIpc) is 2.54. The van der Waals surface area contributed by atoms with Crippen molar-refractivity contribution in [1.82, 2.24) is 4.90 Å². The maximum atomic E-state index is 11.3. The largest absolute Gasteiger partial charge is 0.468 e. The van der Waals surface area contributed by atoms with Gasteiger partial charge in [0.15, 0.2) is 9.84 Å². The zero-order valence-electron chi connectivity index (χ0n) is 9.30. The lowest BCUT2D eigenvalue weighted by Crippen LogP contribution is -2.43. The minimum absolute atomic E-state index is 0.0659. The summed E-state index contributed by atoms with van der Waals surface area (Å²) in [5, 5.41) is 0. The van der Waals surface area contributed by atoms with Gasteiger partial charge in [-0.25, -0.2) is 8.42 Å². The Bertz CT molecular complexity index is 389. The van der Waals surface area contributed by atoms with Gasteiger partial charge in [0, 0.05) is 13.0 Å². The van der Waals surface area contributed by atoms with Crippen LogP contribution in [0.4, 0.5) is 0 Å². The lowest BCUT2D eigenvalue weighted by atomic mass is 10.2. The van der Waals surface area contributed by atoms with Crippen molar-refractivity contribution in [3.05, 3.63) is 0 Å². The minimum Gasteiger partial charge on any atom is -0.468 e. The second-order valence-corrected chi connectivity index (χ2v) is 6.01. The van der Waals surface area contributed by atoms with Crippen LogP contribution in [0, 0.1) is 0 Å². The third-order valence-electron chi connectivity index (χ3n) is 2.58. The van der Waals surface area contributed by atoms with Gasteiger partial charge in [0.25, 0.3) is 0 Å². The molecule has 1 amide bonds. The molecule has 0 saturated carbocycles. The van der Waals surface area contributed by atoms with Gasteiger partial charge < -0.3 is 9.64 Å². The topological polar surface area (TPSA) is 80.8 Å². The van der Waals surface area contributed by atoms with Crippen LogP contribution in [-0.4, -0.2) is 56.4 Å². The third kappa shape index (κ3) is 3.19. The molecule has 1 rings (SSSR count). The average molecular weight is 249 g/mol. The van der Waals surface area contributed by atoms with E-state index in [-0.39, 0.29) is 24.0 Å². The molecule has 0 bridgehead atoms. The molecular weight excluding hydrogens is 234 g/mol. The Morgan fingerprint density at radius 3 is 2.44 bits per heavy atom. The number of rotatable bonds is 3. The van der Waals surface area contributed by atoms with Crippen LogP contribution in [0.25, 0.3) is 0 Å². The monoisotopic (exact) mass is 249 g/mol. The number of hydrogen-bond donors (Lipinski definition) is 0. The van der Waals surface area contributed by atoms with E-state index in [0.29, 0.717) is 6.42 Å². The standard InChI is InChI=1S/C9H15NO5S/c1-7(11)10(5-9(12)15-2)8-3-4-16(13,14)6-8/h8H,3-6H2,1-2H3/t8-/m0/s1. The van der Waals surface area contributed by atoms with Crippen molar-refractivity contribution in [1.29, 1.82) is 0 Å². The van der Waals surface area contributed by atoms with E-state index in [1.165, 1.54) is 18.9 Å². The van der Waals surface area contributed by atoms with E-state index in [1.807, 2.05) is 0 Å². The normalized spacial score (nSPS) is 22.8. The van der Waals surface area contributed by atoms with Gasteiger partial charge >= 0.3 is 5.97 Å². The van der Waals surface area contributed by atoms with E-state index >= 15 is 0 Å². The highest BCUT2D eigenvalue weighted by atomic mass is 32.2. The highest BCUT2D eigenvalue weighted by molar-refractivity contribution is 7.91. The van der Waals surface area contributed by atoms with Gasteiger partial charge in [-0.1, -0.05) is 0 Å². The first-order valence-corrected chi connectivity index (χ1v) is 6.72. The Morgan fingerprint density at radius 2 is 2.06 bits per heavy atom. The molecule has 1 aliphatic heterocycles. The van der Waals surface area contributed by atoms with E-state index in [4.69, 9.17) is 0 Å². The molecule has 1 aliphatic rings. The summed E-state index contributed by atoms with van der Waals surface area (Å²) < 4.78 is 27.0. The minimum atomic E-state index is -3.06. The van der Waals surface area contributed by atoms with Crippen LogP contribution in [-0.2, 0) is 24.2 Å². The highest BCUT2D eigenvalue weighted by Gasteiger charge is 2.34. The number of nitrogens with zero attached hydrogens (tertiary/aromatic N) is 1. The first-order valence-electron chi connectivity index (χ1n) is 4.90. The van der Waals surface area contributed by atoms with Crippen molar-refractivity contribution in [2.45, 2.75) is 19.4 Å². The molecule has 1 fully saturated rings. The molecule has 0 spiro atoms. The Hall–Kier alpha value is -1.11. The van der Waals surface area contributed by atoms with E-state index in [0.717, 1.165) is 0 Å². The second-order valence-electron chi connectivity index (χ2n) is 3.78. The quantitative estimate of drug-likeness (QED) is 0.611. The van der Waals surface area contributed by atoms with Crippen molar-refractivity contribution < 1.29 is 22.7 Å². The lowest BCUT2D eigenvalue weighted by Gasteiger charge is -2.25. The molecule has 92 valence electrons. The predicted octanol–water partition coefficient (Wildman–Crippen LogP) is -0.805. The molecule has 0 aliphatic carbocycles. The molecule has 0 aromatic carbocycles. The Labute approximate surface area is 94.5 Å². The van der Waals surface area contributed by atoms with Gasteiger partial charge in [-0.2, -0.15) is 0 Å². The molecule has 6 nitrogen and oxygen atoms in total. The summed E-state index contributed by atoms with van der Waals surface area (Å²) in [7, 11) is -1.83. The van der Waals surface area contributed by atoms with Crippen LogP contribution in [0.5, 0.6) is 0 Å². The second kappa shape index (κ2) is 4.82. The predicted molar refractivity (Wildman–Crippen MR) is 56.5 cm³/mol. The number of hydrogen-bond acceptors (Lipinski definition) is 5. The van der Waals surface area contributed by atoms with Crippen LogP contribution >= 0.6 is 0 Å². The maximum Gasteiger partial charge on any atom is 0.325 e. The molecule has 0 N–H and O–H groups in total. The van der Waals surface area contributed by atoms with E-state index < -0.39 is 21.8 Å². The molecule has 0 aromatic rings. The summed E-state index contributed by atoms with van der Waals surface area (Å²) in [6.07, 6.45) is 0.388. The Morgan fingerprint density at radius 1 is 1.44 bits per heavy atom. The lowest BCUT2D eigenvalue weighted by molar-refractivity contribution is -0.147. The number of ether oxygens (including phenoxy) is 1. The molecule has 16 heavy (non-hydrogen) atoms. The molecule has 0 radical (unpaired) electrons. The fourth-order valence-corrected chi connectivity index (χ4v) is 3.45. The molecule has 1 heterocycles. The summed E-state index contributed by atoms with van der Waals surface area (Å²) in [6.45, 7) is 1.12. The number of methoxy groups -OCH3 is 1. The fourth-order valence-electron chi connectivity index (χ4n) is 1.72. The number of amides is 1. The zero-order valence-corrected chi connectivity index (χ0v) is 10.1. The molecule has 0 aromatic heterocycles. The van der Waals surface area contributed by atoms with Crippen molar-refractivity contribution in [3.8, 4) is 0 Å². The van der Waals surface area contributed by atoms with Crippen LogP contribution in [0.1, 0.15) is 13.3 Å². The van der Waals surface area contributed by atoms with E-state index in [1.54, 1.807) is 0 Å². The van der Waals surface area contributed by atoms with E-state index in [9.17, 15) is 18.0 Å². The summed E-state index contributed by atoms with van der Waals surface area (Å²) in [5.74, 6) is -0.848.